The van der Waals surface area contributed by atoms with Crippen molar-refractivity contribution in [1.82, 2.24) is 0 Å². The maximum Gasteiger partial charge on any atom is 0.119 e. The van der Waals surface area contributed by atoms with Gasteiger partial charge >= 0.3 is 0 Å². The van der Waals surface area contributed by atoms with Crippen LogP contribution in [0.2, 0.25) is 11.6 Å². The predicted molar refractivity (Wildman–Crippen MR) is 71.3 cm³/mol. The van der Waals surface area contributed by atoms with Crippen molar-refractivity contribution < 1.29 is 9.47 Å². The number of hydrogen-bond donors (Lipinski definition) is 0. The molecule has 0 aliphatic carbocycles. The predicted octanol–water partition coefficient (Wildman–Crippen LogP) is 3.41. The molecule has 1 heterocycles. The highest BCUT2D eigenvalue weighted by Crippen LogP contribution is 2.37. The number of methoxy groups -OCH3 is 1. The smallest absolute Gasteiger partial charge is 0.119 e. The molecule has 0 N–H and O–H groups in total. The highest BCUT2D eigenvalue weighted by molar-refractivity contribution is 6.82. The molecule has 0 saturated carbocycles. The second kappa shape index (κ2) is 6.17. The zero-order chi connectivity index (χ0) is 12.2. The summed E-state index contributed by atoms with van der Waals surface area (Å²) in [5, 5.41) is 0. The summed E-state index contributed by atoms with van der Waals surface area (Å²) in [4.78, 5) is 0. The van der Waals surface area contributed by atoms with Crippen LogP contribution in [0.4, 0.5) is 0 Å². The SMILES string of the molecule is COC[Si](CC(C)C)(C(C)C)C1CCCO1. The van der Waals surface area contributed by atoms with Gasteiger partial charge in [0.25, 0.3) is 0 Å². The Bertz CT molecular complexity index is 200. The highest BCUT2D eigenvalue weighted by atomic mass is 28.3. The van der Waals surface area contributed by atoms with Gasteiger partial charge in [0.2, 0.25) is 0 Å². The van der Waals surface area contributed by atoms with Gasteiger partial charge in [-0.2, -0.15) is 0 Å². The number of rotatable bonds is 6. The van der Waals surface area contributed by atoms with Crippen LogP contribution in [0.25, 0.3) is 0 Å². The van der Waals surface area contributed by atoms with Crippen LogP contribution in [0.3, 0.4) is 0 Å². The Hall–Kier alpha value is 0.137. The van der Waals surface area contributed by atoms with Crippen LogP contribution >= 0.6 is 0 Å². The fourth-order valence-corrected chi connectivity index (χ4v) is 8.52. The molecular formula is C13H28O2Si. The molecule has 3 heteroatoms. The van der Waals surface area contributed by atoms with Gasteiger partial charge in [0.1, 0.15) is 8.07 Å². The second-order valence-corrected chi connectivity index (χ2v) is 10.9. The van der Waals surface area contributed by atoms with E-state index in [0.29, 0.717) is 5.73 Å². The van der Waals surface area contributed by atoms with Crippen LogP contribution in [-0.2, 0) is 9.47 Å². The molecule has 2 unspecified atom stereocenters. The van der Waals surface area contributed by atoms with Crippen molar-refractivity contribution in [3.05, 3.63) is 0 Å². The Morgan fingerprint density at radius 3 is 2.38 bits per heavy atom. The average Bonchev–Trinajstić information content (AvgIpc) is 2.68. The quantitative estimate of drug-likeness (QED) is 0.667. The van der Waals surface area contributed by atoms with E-state index >= 15 is 0 Å². The topological polar surface area (TPSA) is 18.5 Å². The zero-order valence-electron chi connectivity index (χ0n) is 11.6. The molecule has 2 nitrogen and oxygen atoms in total. The van der Waals surface area contributed by atoms with Gasteiger partial charge in [-0.25, -0.2) is 0 Å². The lowest BCUT2D eigenvalue weighted by Crippen LogP contribution is -2.55. The van der Waals surface area contributed by atoms with Gasteiger partial charge in [0.05, 0.1) is 5.73 Å². The molecule has 1 fully saturated rings. The van der Waals surface area contributed by atoms with Crippen LogP contribution in [0.5, 0.6) is 0 Å². The first-order valence-electron chi connectivity index (χ1n) is 6.63. The fourth-order valence-electron chi connectivity index (χ4n) is 3.12. The molecule has 16 heavy (non-hydrogen) atoms. The third-order valence-electron chi connectivity index (χ3n) is 3.92. The largest absolute Gasteiger partial charge is 0.388 e. The number of ether oxygens (including phenoxy) is 2. The molecule has 1 rings (SSSR count). The van der Waals surface area contributed by atoms with Gasteiger partial charge in [-0.05, 0) is 24.3 Å². The maximum atomic E-state index is 6.01. The summed E-state index contributed by atoms with van der Waals surface area (Å²) >= 11 is 0. The third-order valence-corrected chi connectivity index (χ3v) is 10.4. The lowest BCUT2D eigenvalue weighted by Gasteiger charge is -2.40. The van der Waals surface area contributed by atoms with Crippen molar-refractivity contribution >= 4 is 8.07 Å². The Labute approximate surface area is 102 Å². The Kier molecular flexibility index (Phi) is 5.48. The highest BCUT2D eigenvalue weighted by Gasteiger charge is 2.46. The first kappa shape index (κ1) is 14.2. The van der Waals surface area contributed by atoms with Gasteiger partial charge in [-0.3, -0.25) is 0 Å². The molecule has 0 aromatic rings. The normalized spacial score (nSPS) is 25.3. The van der Waals surface area contributed by atoms with E-state index in [1.807, 2.05) is 7.11 Å². The molecule has 0 amide bonds. The fraction of sp³-hybridized carbons (Fsp3) is 1.00. The van der Waals surface area contributed by atoms with Crippen LogP contribution in [-0.4, -0.2) is 33.7 Å². The van der Waals surface area contributed by atoms with Gasteiger partial charge in [0, 0.05) is 19.9 Å². The van der Waals surface area contributed by atoms with Gasteiger partial charge < -0.3 is 9.47 Å². The molecule has 2 atom stereocenters. The minimum Gasteiger partial charge on any atom is -0.388 e. The summed E-state index contributed by atoms with van der Waals surface area (Å²) < 4.78 is 11.6. The third kappa shape index (κ3) is 3.08. The molecule has 1 aliphatic rings. The molecule has 0 radical (unpaired) electrons. The summed E-state index contributed by atoms with van der Waals surface area (Å²) in [5.74, 6) is 0.758. The van der Waals surface area contributed by atoms with Crippen molar-refractivity contribution in [3.63, 3.8) is 0 Å². The molecule has 0 bridgehead atoms. The van der Waals surface area contributed by atoms with E-state index in [4.69, 9.17) is 9.47 Å². The van der Waals surface area contributed by atoms with Crippen LogP contribution in [0.15, 0.2) is 0 Å². The van der Waals surface area contributed by atoms with Crippen molar-refractivity contribution in [1.29, 1.82) is 0 Å². The number of hydrogen-bond acceptors (Lipinski definition) is 2. The first-order valence-corrected chi connectivity index (χ1v) is 9.20. The Balaban J connectivity index is 2.84. The lowest BCUT2D eigenvalue weighted by atomic mass is 10.3. The summed E-state index contributed by atoms with van der Waals surface area (Å²) in [7, 11) is 0.399. The summed E-state index contributed by atoms with van der Waals surface area (Å²) in [6, 6.07) is 1.34. The van der Waals surface area contributed by atoms with E-state index in [1.165, 1.54) is 18.9 Å². The van der Waals surface area contributed by atoms with E-state index in [9.17, 15) is 0 Å². The van der Waals surface area contributed by atoms with E-state index < -0.39 is 8.07 Å². The van der Waals surface area contributed by atoms with Crippen LogP contribution in [0, 0.1) is 5.92 Å². The molecular weight excluding hydrogens is 216 g/mol. The van der Waals surface area contributed by atoms with E-state index in [2.05, 4.69) is 27.7 Å². The van der Waals surface area contributed by atoms with Gasteiger partial charge in [-0.1, -0.05) is 33.7 Å². The molecule has 0 aromatic heterocycles. The standard InChI is InChI=1S/C13H28O2Si/c1-11(2)9-16(10-14-5,12(3)4)13-7-6-8-15-13/h11-13H,6-10H2,1-5H3. The van der Waals surface area contributed by atoms with Crippen LogP contribution < -0.4 is 0 Å². The zero-order valence-corrected chi connectivity index (χ0v) is 12.6. The van der Waals surface area contributed by atoms with Crippen molar-refractivity contribution in [2.45, 2.75) is 57.8 Å². The summed E-state index contributed by atoms with van der Waals surface area (Å²) in [6.45, 7) is 10.4. The second-order valence-electron chi connectivity index (χ2n) is 5.92. The van der Waals surface area contributed by atoms with Crippen molar-refractivity contribution in [2.75, 3.05) is 19.9 Å². The lowest BCUT2D eigenvalue weighted by molar-refractivity contribution is 0.146. The van der Waals surface area contributed by atoms with Crippen molar-refractivity contribution in [3.8, 4) is 0 Å². The van der Waals surface area contributed by atoms with Crippen LogP contribution in [0.1, 0.15) is 40.5 Å². The molecule has 96 valence electrons. The minimum atomic E-state index is -1.45. The molecule has 1 saturated heterocycles. The monoisotopic (exact) mass is 244 g/mol. The Morgan fingerprint density at radius 2 is 2.00 bits per heavy atom. The van der Waals surface area contributed by atoms with Gasteiger partial charge in [-0.15, -0.1) is 0 Å². The summed E-state index contributed by atoms with van der Waals surface area (Å²) in [5.41, 5.74) is 1.28. The molecule has 0 spiro atoms. The molecule has 1 aliphatic heterocycles. The minimum absolute atomic E-state index is 0.537. The average molecular weight is 244 g/mol. The van der Waals surface area contributed by atoms with E-state index in [1.54, 1.807) is 0 Å². The van der Waals surface area contributed by atoms with E-state index in [-0.39, 0.29) is 0 Å². The van der Waals surface area contributed by atoms with Gasteiger partial charge in [0.15, 0.2) is 0 Å². The summed E-state index contributed by atoms with van der Waals surface area (Å²) in [6.07, 6.45) is 3.47. The van der Waals surface area contributed by atoms with Crippen molar-refractivity contribution in [2.24, 2.45) is 5.92 Å². The molecule has 0 aromatic carbocycles. The Morgan fingerprint density at radius 1 is 1.31 bits per heavy atom. The maximum absolute atomic E-state index is 6.01. The first-order chi connectivity index (χ1) is 7.53. The van der Waals surface area contributed by atoms with E-state index in [0.717, 1.165) is 24.3 Å².